The van der Waals surface area contributed by atoms with E-state index in [0.717, 1.165) is 10.9 Å². The summed E-state index contributed by atoms with van der Waals surface area (Å²) in [7, 11) is 0. The van der Waals surface area contributed by atoms with E-state index < -0.39 is 0 Å². The van der Waals surface area contributed by atoms with Gasteiger partial charge in [-0.15, -0.1) is 0 Å². The van der Waals surface area contributed by atoms with Crippen LogP contribution in [0.3, 0.4) is 0 Å². The van der Waals surface area contributed by atoms with E-state index in [1.807, 2.05) is 6.07 Å². The lowest BCUT2D eigenvalue weighted by Gasteiger charge is -2.02. The second kappa shape index (κ2) is 4.70. The van der Waals surface area contributed by atoms with Crippen molar-refractivity contribution in [2.45, 2.75) is 0 Å². The molecule has 0 aliphatic heterocycles. The molecular formula is C15H12FN3O. The molecule has 1 heterocycles. The summed E-state index contributed by atoms with van der Waals surface area (Å²) in [5.74, 6) is -0.629. The summed E-state index contributed by atoms with van der Waals surface area (Å²) in [6, 6.07) is 12.7. The van der Waals surface area contributed by atoms with Crippen LogP contribution in [0.15, 0.2) is 48.5 Å². The molecule has 0 atom stereocenters. The van der Waals surface area contributed by atoms with Crippen molar-refractivity contribution >= 4 is 28.2 Å². The normalized spacial score (nSPS) is 10.7. The van der Waals surface area contributed by atoms with Crippen LogP contribution in [0, 0.1) is 5.82 Å². The van der Waals surface area contributed by atoms with Gasteiger partial charge in [0.2, 0.25) is 0 Å². The van der Waals surface area contributed by atoms with Crippen LogP contribution in [-0.2, 0) is 0 Å². The summed E-state index contributed by atoms with van der Waals surface area (Å²) in [4.78, 5) is 15.1. The summed E-state index contributed by atoms with van der Waals surface area (Å²) in [5.41, 5.74) is 8.14. The Kier molecular flexibility index (Phi) is 2.87. The number of amides is 1. The first kappa shape index (κ1) is 12.2. The Balaban J connectivity index is 1.86. The number of nitrogens with two attached hydrogens (primary N) is 1. The fourth-order valence-electron chi connectivity index (χ4n) is 2.01. The number of benzene rings is 2. The molecule has 1 amide bonds. The molecule has 4 N–H and O–H groups in total. The predicted molar refractivity (Wildman–Crippen MR) is 77.1 cm³/mol. The molecular weight excluding hydrogens is 257 g/mol. The number of carbonyl (C=O) groups is 1. The van der Waals surface area contributed by atoms with E-state index in [9.17, 15) is 9.18 Å². The Bertz CT molecular complexity index is 777. The van der Waals surface area contributed by atoms with Gasteiger partial charge in [0.05, 0.1) is 0 Å². The third kappa shape index (κ3) is 2.33. The first-order valence-electron chi connectivity index (χ1n) is 6.07. The smallest absolute Gasteiger partial charge is 0.272 e. The maximum absolute atomic E-state index is 12.8. The molecule has 0 saturated heterocycles. The van der Waals surface area contributed by atoms with Crippen LogP contribution >= 0.6 is 0 Å². The first-order chi connectivity index (χ1) is 9.61. The van der Waals surface area contributed by atoms with Crippen molar-refractivity contribution in [1.82, 2.24) is 4.98 Å². The maximum Gasteiger partial charge on any atom is 0.272 e. The number of halogens is 1. The van der Waals surface area contributed by atoms with E-state index in [-0.39, 0.29) is 11.7 Å². The molecule has 0 spiro atoms. The zero-order chi connectivity index (χ0) is 14.1. The van der Waals surface area contributed by atoms with Gasteiger partial charge in [0.25, 0.3) is 5.91 Å². The fraction of sp³-hybridized carbons (Fsp3) is 0. The maximum atomic E-state index is 12.8. The van der Waals surface area contributed by atoms with Gasteiger partial charge in [-0.2, -0.15) is 0 Å². The van der Waals surface area contributed by atoms with Crippen molar-refractivity contribution in [2.75, 3.05) is 11.1 Å². The number of fused-ring (bicyclic) bond motifs is 1. The van der Waals surface area contributed by atoms with Crippen LogP contribution in [0.4, 0.5) is 15.8 Å². The molecule has 2 aromatic carbocycles. The lowest BCUT2D eigenvalue weighted by atomic mass is 10.2. The van der Waals surface area contributed by atoms with Crippen LogP contribution in [0.1, 0.15) is 10.5 Å². The minimum atomic E-state index is -0.343. The number of carbonyl (C=O) groups excluding carboxylic acids is 1. The molecule has 3 rings (SSSR count). The average Bonchev–Trinajstić information content (AvgIpc) is 2.84. The van der Waals surface area contributed by atoms with Crippen LogP contribution < -0.4 is 11.1 Å². The quantitative estimate of drug-likeness (QED) is 0.625. The van der Waals surface area contributed by atoms with Crippen molar-refractivity contribution < 1.29 is 9.18 Å². The van der Waals surface area contributed by atoms with Gasteiger partial charge in [-0.3, -0.25) is 4.79 Å². The largest absolute Gasteiger partial charge is 0.399 e. The summed E-state index contributed by atoms with van der Waals surface area (Å²) in [6.45, 7) is 0. The highest BCUT2D eigenvalue weighted by Gasteiger charge is 2.10. The Morgan fingerprint density at radius 1 is 1.10 bits per heavy atom. The molecule has 3 aromatic rings. The molecule has 1 aromatic heterocycles. The number of anilines is 2. The standard InChI is InChI=1S/C15H12FN3O/c16-10-1-4-12(5-2-10)18-15(20)14-8-9-7-11(17)3-6-13(9)19-14/h1-8,19H,17H2,(H,18,20). The van der Waals surface area contributed by atoms with Gasteiger partial charge in [0, 0.05) is 22.3 Å². The van der Waals surface area contributed by atoms with Crippen molar-refractivity contribution in [3.63, 3.8) is 0 Å². The van der Waals surface area contributed by atoms with Crippen molar-refractivity contribution in [1.29, 1.82) is 0 Å². The molecule has 0 fully saturated rings. The molecule has 100 valence electrons. The monoisotopic (exact) mass is 269 g/mol. The summed E-state index contributed by atoms with van der Waals surface area (Å²) >= 11 is 0. The zero-order valence-electron chi connectivity index (χ0n) is 10.5. The third-order valence-electron chi connectivity index (χ3n) is 2.99. The summed E-state index contributed by atoms with van der Waals surface area (Å²) in [5, 5.41) is 3.56. The molecule has 0 saturated carbocycles. The van der Waals surface area contributed by atoms with Gasteiger partial charge in [0.15, 0.2) is 0 Å². The zero-order valence-corrected chi connectivity index (χ0v) is 10.5. The Labute approximate surface area is 114 Å². The van der Waals surface area contributed by atoms with Gasteiger partial charge in [-0.1, -0.05) is 0 Å². The van der Waals surface area contributed by atoms with E-state index in [1.54, 1.807) is 18.2 Å². The fourth-order valence-corrected chi connectivity index (χ4v) is 2.01. The summed E-state index contributed by atoms with van der Waals surface area (Å²) in [6.07, 6.45) is 0. The van der Waals surface area contributed by atoms with E-state index in [4.69, 9.17) is 5.73 Å². The minimum Gasteiger partial charge on any atom is -0.399 e. The van der Waals surface area contributed by atoms with Crippen molar-refractivity contribution in [2.24, 2.45) is 0 Å². The molecule has 0 aliphatic rings. The molecule has 4 nitrogen and oxygen atoms in total. The topological polar surface area (TPSA) is 70.9 Å². The number of hydrogen-bond acceptors (Lipinski definition) is 2. The molecule has 5 heteroatoms. The van der Waals surface area contributed by atoms with Gasteiger partial charge in [-0.05, 0) is 48.5 Å². The first-order valence-corrected chi connectivity index (χ1v) is 6.07. The number of H-pyrrole nitrogens is 1. The lowest BCUT2D eigenvalue weighted by Crippen LogP contribution is -2.12. The van der Waals surface area contributed by atoms with Gasteiger partial charge < -0.3 is 16.0 Å². The van der Waals surface area contributed by atoms with E-state index >= 15 is 0 Å². The molecule has 0 bridgehead atoms. The Morgan fingerprint density at radius 3 is 2.60 bits per heavy atom. The van der Waals surface area contributed by atoms with Crippen LogP contribution in [-0.4, -0.2) is 10.9 Å². The number of aromatic nitrogens is 1. The lowest BCUT2D eigenvalue weighted by molar-refractivity contribution is 0.102. The van der Waals surface area contributed by atoms with Crippen LogP contribution in [0.2, 0.25) is 0 Å². The highest BCUT2D eigenvalue weighted by atomic mass is 19.1. The highest BCUT2D eigenvalue weighted by molar-refractivity contribution is 6.06. The van der Waals surface area contributed by atoms with E-state index in [2.05, 4.69) is 10.3 Å². The molecule has 20 heavy (non-hydrogen) atoms. The van der Waals surface area contributed by atoms with Gasteiger partial charge in [-0.25, -0.2) is 4.39 Å². The van der Waals surface area contributed by atoms with Gasteiger partial charge in [0.1, 0.15) is 11.5 Å². The predicted octanol–water partition coefficient (Wildman–Crippen LogP) is 3.14. The summed E-state index contributed by atoms with van der Waals surface area (Å²) < 4.78 is 12.8. The second-order valence-electron chi connectivity index (χ2n) is 4.49. The number of hydrogen-bond donors (Lipinski definition) is 3. The van der Waals surface area contributed by atoms with Gasteiger partial charge >= 0.3 is 0 Å². The average molecular weight is 269 g/mol. The third-order valence-corrected chi connectivity index (χ3v) is 2.99. The Morgan fingerprint density at radius 2 is 1.85 bits per heavy atom. The van der Waals surface area contributed by atoms with Crippen molar-refractivity contribution in [3.8, 4) is 0 Å². The Hall–Kier alpha value is -2.82. The van der Waals surface area contributed by atoms with Crippen molar-refractivity contribution in [3.05, 3.63) is 60.0 Å². The number of aromatic amines is 1. The molecule has 0 unspecified atom stereocenters. The SMILES string of the molecule is Nc1ccc2[nH]c(C(=O)Nc3ccc(F)cc3)cc2c1. The highest BCUT2D eigenvalue weighted by Crippen LogP contribution is 2.19. The number of rotatable bonds is 2. The number of nitrogen functional groups attached to an aromatic ring is 1. The van der Waals surface area contributed by atoms with Crippen LogP contribution in [0.25, 0.3) is 10.9 Å². The number of nitrogens with one attached hydrogen (secondary N) is 2. The van der Waals surface area contributed by atoms with E-state index in [1.165, 1.54) is 24.3 Å². The minimum absolute atomic E-state index is 0.286. The second-order valence-corrected chi connectivity index (χ2v) is 4.49. The molecule has 0 radical (unpaired) electrons. The van der Waals surface area contributed by atoms with Crippen LogP contribution in [0.5, 0.6) is 0 Å². The van der Waals surface area contributed by atoms with E-state index in [0.29, 0.717) is 17.1 Å². The molecule has 0 aliphatic carbocycles.